The van der Waals surface area contributed by atoms with E-state index in [2.05, 4.69) is 38.7 Å². The van der Waals surface area contributed by atoms with Gasteiger partial charge in [0.25, 0.3) is 5.91 Å². The molecule has 0 aliphatic carbocycles. The maximum absolute atomic E-state index is 13.1. The Hall–Kier alpha value is -2.92. The van der Waals surface area contributed by atoms with Gasteiger partial charge in [0.1, 0.15) is 6.04 Å². The van der Waals surface area contributed by atoms with Gasteiger partial charge in [0, 0.05) is 10.2 Å². The van der Waals surface area contributed by atoms with E-state index in [0.29, 0.717) is 16.5 Å². The van der Waals surface area contributed by atoms with Crippen molar-refractivity contribution in [2.45, 2.75) is 26.3 Å². The summed E-state index contributed by atoms with van der Waals surface area (Å²) < 4.78 is 0.693. The Bertz CT molecular complexity index is 1020. The number of para-hydroxylation sites is 1. The first-order valence-corrected chi connectivity index (χ1v) is 10.7. The summed E-state index contributed by atoms with van der Waals surface area (Å²) in [6.45, 7) is 3.83. The van der Waals surface area contributed by atoms with Gasteiger partial charge in [-0.15, -0.1) is 0 Å². The summed E-state index contributed by atoms with van der Waals surface area (Å²) in [5.41, 5.74) is 3.45. The number of amides is 2. The number of hydrogen-bond acceptors (Lipinski definition) is 2. The minimum atomic E-state index is -0.658. The van der Waals surface area contributed by atoms with Crippen LogP contribution in [0.15, 0.2) is 83.3 Å². The molecule has 5 heteroatoms. The third-order valence-corrected chi connectivity index (χ3v) is 5.56. The lowest BCUT2D eigenvalue weighted by Crippen LogP contribution is -2.47. The van der Waals surface area contributed by atoms with Gasteiger partial charge in [0.2, 0.25) is 5.91 Å². The third kappa shape index (κ3) is 5.57. The van der Waals surface area contributed by atoms with Crippen molar-refractivity contribution >= 4 is 33.4 Å². The molecule has 0 aliphatic rings. The lowest BCUT2D eigenvalue weighted by atomic mass is 10.0. The second kappa shape index (κ2) is 10.2. The molecule has 2 amide bonds. The molecule has 30 heavy (non-hydrogen) atoms. The van der Waals surface area contributed by atoms with Crippen LogP contribution >= 0.6 is 15.9 Å². The SMILES string of the molecule is CC(C)[C@@H](NC(=O)c1ccccc1Br)C(=O)Nc1ccccc1Cc1ccccc1. The average molecular weight is 465 g/mol. The molecule has 0 bridgehead atoms. The van der Waals surface area contributed by atoms with Crippen molar-refractivity contribution in [1.82, 2.24) is 5.32 Å². The van der Waals surface area contributed by atoms with Crippen LogP contribution in [0.1, 0.15) is 35.3 Å². The number of carbonyl (C=O) groups excluding carboxylic acids is 2. The highest BCUT2D eigenvalue weighted by Crippen LogP contribution is 2.21. The summed E-state index contributed by atoms with van der Waals surface area (Å²) in [5, 5.41) is 5.90. The summed E-state index contributed by atoms with van der Waals surface area (Å²) in [7, 11) is 0. The summed E-state index contributed by atoms with van der Waals surface area (Å²) >= 11 is 3.39. The zero-order valence-electron chi connectivity index (χ0n) is 17.1. The summed E-state index contributed by atoms with van der Waals surface area (Å²) in [6, 6.07) is 24.4. The molecule has 0 unspecified atom stereocenters. The van der Waals surface area contributed by atoms with Crippen molar-refractivity contribution in [3.63, 3.8) is 0 Å². The lowest BCUT2D eigenvalue weighted by Gasteiger charge is -2.23. The van der Waals surface area contributed by atoms with Gasteiger partial charge in [-0.25, -0.2) is 0 Å². The number of anilines is 1. The standard InChI is InChI=1S/C25H25BrN2O2/c1-17(2)23(28-24(29)20-13-7-8-14-21(20)26)25(30)27-22-15-9-6-12-19(22)16-18-10-4-3-5-11-18/h3-15,17,23H,16H2,1-2H3,(H,27,30)(H,28,29)/t23-/m1/s1. The Labute approximate surface area is 185 Å². The van der Waals surface area contributed by atoms with Crippen LogP contribution in [0.5, 0.6) is 0 Å². The van der Waals surface area contributed by atoms with E-state index < -0.39 is 6.04 Å². The minimum absolute atomic E-state index is 0.0716. The first kappa shape index (κ1) is 21.8. The second-order valence-corrected chi connectivity index (χ2v) is 8.34. The highest BCUT2D eigenvalue weighted by molar-refractivity contribution is 9.10. The van der Waals surface area contributed by atoms with Crippen molar-refractivity contribution in [2.24, 2.45) is 5.92 Å². The van der Waals surface area contributed by atoms with E-state index in [0.717, 1.165) is 11.3 Å². The molecular weight excluding hydrogens is 440 g/mol. The topological polar surface area (TPSA) is 58.2 Å². The molecule has 3 rings (SSSR count). The Kier molecular flexibility index (Phi) is 7.41. The Morgan fingerprint density at radius 2 is 1.50 bits per heavy atom. The van der Waals surface area contributed by atoms with Crippen LogP contribution in [0.2, 0.25) is 0 Å². The quantitative estimate of drug-likeness (QED) is 0.489. The maximum atomic E-state index is 13.1. The van der Waals surface area contributed by atoms with Crippen molar-refractivity contribution in [3.8, 4) is 0 Å². The average Bonchev–Trinajstić information content (AvgIpc) is 2.74. The molecule has 0 spiro atoms. The van der Waals surface area contributed by atoms with Crippen molar-refractivity contribution in [1.29, 1.82) is 0 Å². The van der Waals surface area contributed by atoms with Crippen LogP contribution in [0.3, 0.4) is 0 Å². The molecule has 0 aliphatic heterocycles. The number of hydrogen-bond donors (Lipinski definition) is 2. The van der Waals surface area contributed by atoms with Crippen molar-refractivity contribution in [3.05, 3.63) is 100 Å². The first-order valence-electron chi connectivity index (χ1n) is 9.94. The summed E-state index contributed by atoms with van der Waals surface area (Å²) in [5.74, 6) is -0.586. The van der Waals surface area contributed by atoms with Gasteiger partial charge in [-0.2, -0.15) is 0 Å². The molecule has 0 aromatic heterocycles. The maximum Gasteiger partial charge on any atom is 0.253 e. The van der Waals surface area contributed by atoms with Gasteiger partial charge in [-0.1, -0.05) is 74.5 Å². The molecule has 4 nitrogen and oxygen atoms in total. The zero-order valence-corrected chi connectivity index (χ0v) is 18.6. The molecule has 1 atom stereocenters. The Morgan fingerprint density at radius 3 is 2.20 bits per heavy atom. The van der Waals surface area contributed by atoms with E-state index in [1.54, 1.807) is 18.2 Å². The molecule has 0 fully saturated rings. The normalized spacial score (nSPS) is 11.7. The van der Waals surface area contributed by atoms with Gasteiger partial charge in [-0.3, -0.25) is 9.59 Å². The predicted octanol–water partition coefficient (Wildman–Crippen LogP) is 5.43. The molecule has 154 valence electrons. The van der Waals surface area contributed by atoms with E-state index in [1.807, 2.05) is 62.4 Å². The van der Waals surface area contributed by atoms with Gasteiger partial charge in [-0.05, 0) is 57.6 Å². The van der Waals surface area contributed by atoms with Crippen LogP contribution in [0.25, 0.3) is 0 Å². The second-order valence-electron chi connectivity index (χ2n) is 7.48. The number of benzene rings is 3. The number of nitrogens with one attached hydrogen (secondary N) is 2. The van der Waals surface area contributed by atoms with Crippen molar-refractivity contribution in [2.75, 3.05) is 5.32 Å². The Morgan fingerprint density at radius 1 is 0.867 bits per heavy atom. The Balaban J connectivity index is 1.76. The zero-order chi connectivity index (χ0) is 21.5. The molecule has 3 aromatic rings. The fourth-order valence-corrected chi connectivity index (χ4v) is 3.69. The fourth-order valence-electron chi connectivity index (χ4n) is 3.22. The molecule has 0 saturated heterocycles. The number of halogens is 1. The smallest absolute Gasteiger partial charge is 0.253 e. The molecule has 2 N–H and O–H groups in total. The molecule has 0 heterocycles. The van der Waals surface area contributed by atoms with Gasteiger partial charge >= 0.3 is 0 Å². The third-order valence-electron chi connectivity index (χ3n) is 4.87. The van der Waals surface area contributed by atoms with Gasteiger partial charge < -0.3 is 10.6 Å². The largest absolute Gasteiger partial charge is 0.340 e. The molecule has 3 aromatic carbocycles. The summed E-state index contributed by atoms with van der Waals surface area (Å²) in [6.07, 6.45) is 0.715. The predicted molar refractivity (Wildman–Crippen MR) is 125 cm³/mol. The first-order chi connectivity index (χ1) is 14.5. The van der Waals surface area contributed by atoms with Gasteiger partial charge in [0.05, 0.1) is 5.56 Å². The van der Waals surface area contributed by atoms with Crippen LogP contribution < -0.4 is 10.6 Å². The van der Waals surface area contributed by atoms with E-state index in [4.69, 9.17) is 0 Å². The van der Waals surface area contributed by atoms with Crippen LogP contribution in [0.4, 0.5) is 5.69 Å². The van der Waals surface area contributed by atoms with E-state index in [1.165, 1.54) is 5.56 Å². The van der Waals surface area contributed by atoms with Crippen LogP contribution in [-0.2, 0) is 11.2 Å². The minimum Gasteiger partial charge on any atom is -0.340 e. The fraction of sp³-hybridized carbons (Fsp3) is 0.200. The summed E-state index contributed by atoms with van der Waals surface area (Å²) in [4.78, 5) is 25.8. The van der Waals surface area contributed by atoms with E-state index >= 15 is 0 Å². The highest BCUT2D eigenvalue weighted by Gasteiger charge is 2.26. The highest BCUT2D eigenvalue weighted by atomic mass is 79.9. The van der Waals surface area contributed by atoms with Gasteiger partial charge in [0.15, 0.2) is 0 Å². The molecule has 0 radical (unpaired) electrons. The number of rotatable bonds is 7. The van der Waals surface area contributed by atoms with E-state index in [-0.39, 0.29) is 17.7 Å². The monoisotopic (exact) mass is 464 g/mol. The lowest BCUT2D eigenvalue weighted by molar-refractivity contribution is -0.118. The molecule has 0 saturated carbocycles. The molecular formula is C25H25BrN2O2. The van der Waals surface area contributed by atoms with E-state index in [9.17, 15) is 9.59 Å². The number of carbonyl (C=O) groups is 2. The van der Waals surface area contributed by atoms with Crippen LogP contribution in [0, 0.1) is 5.92 Å². The van der Waals surface area contributed by atoms with Crippen molar-refractivity contribution < 1.29 is 9.59 Å². The van der Waals surface area contributed by atoms with Crippen LogP contribution in [-0.4, -0.2) is 17.9 Å².